The molecule has 4 rings (SSSR count). The number of halogens is 2. The Hall–Kier alpha value is -3.55. The van der Waals surface area contributed by atoms with Crippen molar-refractivity contribution in [1.82, 2.24) is 4.98 Å². The van der Waals surface area contributed by atoms with Crippen LogP contribution in [0.25, 0.3) is 11.3 Å². The number of aryl methyl sites for hydroxylation is 2. The molecular weight excluding hydrogens is 459 g/mol. The highest BCUT2D eigenvalue weighted by molar-refractivity contribution is 7.20. The Balaban J connectivity index is 1.62. The van der Waals surface area contributed by atoms with Gasteiger partial charge in [-0.2, -0.15) is 5.10 Å². The van der Waals surface area contributed by atoms with Gasteiger partial charge in [0.25, 0.3) is 5.91 Å². The maximum absolute atomic E-state index is 14.0. The zero-order valence-corrected chi connectivity index (χ0v) is 19.5. The lowest BCUT2D eigenvalue weighted by Gasteiger charge is -2.06. The van der Waals surface area contributed by atoms with Crippen LogP contribution in [0.5, 0.6) is 0 Å². The number of hydrogen-bond acceptors (Lipinski definition) is 5. The summed E-state index contributed by atoms with van der Waals surface area (Å²) >= 11 is 7.27. The summed E-state index contributed by atoms with van der Waals surface area (Å²) in [6, 6.07) is 19.6. The highest BCUT2D eigenvalue weighted by Crippen LogP contribution is 2.36. The minimum atomic E-state index is -0.474. The summed E-state index contributed by atoms with van der Waals surface area (Å²) in [6.45, 7) is 3.97. The quantitative estimate of drug-likeness (QED) is 0.233. The Bertz CT molecular complexity index is 1300. The van der Waals surface area contributed by atoms with Crippen molar-refractivity contribution in [2.75, 3.05) is 10.7 Å². The van der Waals surface area contributed by atoms with Crippen LogP contribution in [0.1, 0.15) is 27.0 Å². The number of nitrogens with one attached hydrogen (secondary N) is 2. The summed E-state index contributed by atoms with van der Waals surface area (Å²) in [5.41, 5.74) is 7.19. The van der Waals surface area contributed by atoms with Crippen molar-refractivity contribution in [2.45, 2.75) is 13.8 Å². The smallest absolute Gasteiger partial charge is 0.256 e. The Morgan fingerprint density at radius 3 is 2.36 bits per heavy atom. The lowest BCUT2D eigenvalue weighted by molar-refractivity contribution is 0.102. The monoisotopic (exact) mass is 478 g/mol. The van der Waals surface area contributed by atoms with Crippen LogP contribution in [-0.2, 0) is 0 Å². The fourth-order valence-corrected chi connectivity index (χ4v) is 4.07. The molecule has 8 heteroatoms. The second-order valence-corrected chi connectivity index (χ2v) is 8.79. The number of aromatic nitrogens is 1. The number of carbonyl (C=O) groups excluding carboxylic acids is 1. The summed E-state index contributed by atoms with van der Waals surface area (Å²) in [7, 11) is 0. The topological polar surface area (TPSA) is 66.4 Å². The zero-order valence-electron chi connectivity index (χ0n) is 17.9. The van der Waals surface area contributed by atoms with Crippen molar-refractivity contribution >= 4 is 45.2 Å². The summed E-state index contributed by atoms with van der Waals surface area (Å²) in [4.78, 5) is 17.4. The highest BCUT2D eigenvalue weighted by Gasteiger charge is 2.16. The number of benzene rings is 3. The van der Waals surface area contributed by atoms with E-state index in [1.165, 1.54) is 29.7 Å². The molecule has 0 aliphatic carbocycles. The first-order chi connectivity index (χ1) is 15.9. The number of thiazole rings is 1. The predicted octanol–water partition coefficient (Wildman–Crippen LogP) is 6.92. The SMILES string of the molecule is Cc1ccc(C(=O)Nc2sc(NN=Cc3c(F)cccc3Cl)nc2-c2ccc(C)cc2)cc1. The lowest BCUT2D eigenvalue weighted by atomic mass is 10.1. The number of hydrazone groups is 1. The molecule has 0 saturated carbocycles. The number of anilines is 2. The van der Waals surface area contributed by atoms with Crippen molar-refractivity contribution in [2.24, 2.45) is 5.10 Å². The van der Waals surface area contributed by atoms with E-state index >= 15 is 0 Å². The van der Waals surface area contributed by atoms with E-state index in [1.807, 2.05) is 50.2 Å². The average Bonchev–Trinajstić information content (AvgIpc) is 3.19. The van der Waals surface area contributed by atoms with Crippen LogP contribution in [0.15, 0.2) is 71.8 Å². The molecule has 0 atom stereocenters. The van der Waals surface area contributed by atoms with Gasteiger partial charge in [-0.3, -0.25) is 10.2 Å². The lowest BCUT2D eigenvalue weighted by Crippen LogP contribution is -2.11. The van der Waals surface area contributed by atoms with E-state index in [0.29, 0.717) is 21.4 Å². The van der Waals surface area contributed by atoms with Crippen LogP contribution in [0.3, 0.4) is 0 Å². The van der Waals surface area contributed by atoms with Gasteiger partial charge in [0.2, 0.25) is 5.13 Å². The molecular formula is C25H20ClFN4OS. The molecule has 0 aliphatic heterocycles. The minimum absolute atomic E-state index is 0.176. The van der Waals surface area contributed by atoms with Crippen LogP contribution >= 0.6 is 22.9 Å². The molecule has 0 spiro atoms. The number of amides is 1. The number of carbonyl (C=O) groups is 1. The Morgan fingerprint density at radius 1 is 1.03 bits per heavy atom. The van der Waals surface area contributed by atoms with Crippen LogP contribution < -0.4 is 10.7 Å². The molecule has 0 unspecified atom stereocenters. The first-order valence-electron chi connectivity index (χ1n) is 10.1. The van der Waals surface area contributed by atoms with Crippen LogP contribution in [0.4, 0.5) is 14.5 Å². The van der Waals surface area contributed by atoms with Crippen molar-refractivity contribution < 1.29 is 9.18 Å². The van der Waals surface area contributed by atoms with Crippen molar-refractivity contribution in [1.29, 1.82) is 0 Å². The summed E-state index contributed by atoms with van der Waals surface area (Å²) in [5.74, 6) is -0.709. The number of hydrogen-bond donors (Lipinski definition) is 2. The Labute approximate surface area is 200 Å². The summed E-state index contributed by atoms with van der Waals surface area (Å²) in [5, 5.41) is 8.30. The molecule has 166 valence electrons. The van der Waals surface area contributed by atoms with E-state index in [0.717, 1.165) is 16.7 Å². The van der Waals surface area contributed by atoms with Gasteiger partial charge in [-0.25, -0.2) is 9.37 Å². The molecule has 2 N–H and O–H groups in total. The third-order valence-corrected chi connectivity index (χ3v) is 6.05. The van der Waals surface area contributed by atoms with Crippen molar-refractivity contribution in [3.05, 3.63) is 99.8 Å². The molecule has 1 amide bonds. The molecule has 0 bridgehead atoms. The standard InChI is InChI=1S/C25H20ClFN4OS/c1-15-6-10-17(11-7-15)22-24(30-23(32)18-12-8-16(2)9-13-18)33-25(29-22)31-28-14-19-20(26)4-3-5-21(19)27/h3-14H,1-2H3,(H,29,31)(H,30,32). The fourth-order valence-electron chi connectivity index (χ4n) is 3.03. The number of rotatable bonds is 6. The first-order valence-corrected chi connectivity index (χ1v) is 11.3. The van der Waals surface area contributed by atoms with E-state index in [1.54, 1.807) is 18.2 Å². The van der Waals surface area contributed by atoms with Crippen LogP contribution in [0.2, 0.25) is 5.02 Å². The zero-order chi connectivity index (χ0) is 23.4. The molecule has 1 aromatic heterocycles. The molecule has 0 aliphatic rings. The van der Waals surface area contributed by atoms with E-state index in [9.17, 15) is 9.18 Å². The van der Waals surface area contributed by atoms with Crippen molar-refractivity contribution in [3.8, 4) is 11.3 Å². The van der Waals surface area contributed by atoms with E-state index in [2.05, 4.69) is 20.8 Å². The van der Waals surface area contributed by atoms with Crippen LogP contribution in [0, 0.1) is 19.7 Å². The van der Waals surface area contributed by atoms with Crippen molar-refractivity contribution in [3.63, 3.8) is 0 Å². The Morgan fingerprint density at radius 2 is 1.70 bits per heavy atom. The van der Waals surface area contributed by atoms with Gasteiger partial charge < -0.3 is 5.32 Å². The second kappa shape index (κ2) is 9.94. The maximum atomic E-state index is 14.0. The van der Waals surface area contributed by atoms with Gasteiger partial charge in [0.15, 0.2) is 0 Å². The van der Waals surface area contributed by atoms with Gasteiger partial charge >= 0.3 is 0 Å². The molecule has 4 aromatic rings. The molecule has 33 heavy (non-hydrogen) atoms. The summed E-state index contributed by atoms with van der Waals surface area (Å²) in [6.07, 6.45) is 1.30. The van der Waals surface area contributed by atoms with E-state index < -0.39 is 5.82 Å². The Kier molecular flexibility index (Phi) is 6.82. The molecule has 0 radical (unpaired) electrons. The average molecular weight is 479 g/mol. The predicted molar refractivity (Wildman–Crippen MR) is 134 cm³/mol. The molecule has 0 saturated heterocycles. The first kappa shape index (κ1) is 22.6. The van der Waals surface area contributed by atoms with Gasteiger partial charge in [-0.15, -0.1) is 0 Å². The van der Waals surface area contributed by atoms with Gasteiger partial charge in [0.1, 0.15) is 16.5 Å². The van der Waals surface area contributed by atoms with Crippen LogP contribution in [-0.4, -0.2) is 17.1 Å². The second-order valence-electron chi connectivity index (χ2n) is 7.39. The molecule has 0 fully saturated rings. The van der Waals surface area contributed by atoms with Gasteiger partial charge in [-0.1, -0.05) is 76.5 Å². The third-order valence-electron chi connectivity index (χ3n) is 4.85. The maximum Gasteiger partial charge on any atom is 0.256 e. The largest absolute Gasteiger partial charge is 0.312 e. The molecule has 3 aromatic carbocycles. The highest BCUT2D eigenvalue weighted by atomic mass is 35.5. The number of nitrogens with zero attached hydrogens (tertiary/aromatic N) is 2. The summed E-state index contributed by atoms with van der Waals surface area (Å²) < 4.78 is 14.0. The van der Waals surface area contributed by atoms with Gasteiger partial charge in [0, 0.05) is 16.7 Å². The fraction of sp³-hybridized carbons (Fsp3) is 0.0800. The van der Waals surface area contributed by atoms with Gasteiger partial charge in [-0.05, 0) is 38.1 Å². The normalized spacial score (nSPS) is 11.0. The molecule has 1 heterocycles. The van der Waals surface area contributed by atoms with E-state index in [-0.39, 0.29) is 16.5 Å². The van der Waals surface area contributed by atoms with Gasteiger partial charge in [0.05, 0.1) is 11.2 Å². The van der Waals surface area contributed by atoms with E-state index in [4.69, 9.17) is 11.6 Å². The molecule has 5 nitrogen and oxygen atoms in total. The minimum Gasteiger partial charge on any atom is -0.312 e. The third kappa shape index (κ3) is 5.45.